The summed E-state index contributed by atoms with van der Waals surface area (Å²) in [7, 11) is -3.46. The molecule has 1 N–H and O–H groups in total. The highest BCUT2D eigenvalue weighted by atomic mass is 32.2. The van der Waals surface area contributed by atoms with Gasteiger partial charge in [-0.3, -0.25) is 0 Å². The third-order valence-electron chi connectivity index (χ3n) is 3.60. The van der Waals surface area contributed by atoms with Crippen LogP contribution >= 0.6 is 0 Å². The second-order valence-corrected chi connectivity index (χ2v) is 7.29. The van der Waals surface area contributed by atoms with Crippen molar-refractivity contribution in [1.29, 1.82) is 0 Å². The molecular weight excluding hydrogens is 250 g/mol. The van der Waals surface area contributed by atoms with Gasteiger partial charge < -0.3 is 5.11 Å². The van der Waals surface area contributed by atoms with Gasteiger partial charge in [-0.2, -0.15) is 4.31 Å². The number of β-amino-alcohol motifs (C(OH)–C–C–N with tert-alkyl or cyclic N) is 1. The van der Waals surface area contributed by atoms with Crippen LogP contribution in [0.1, 0.15) is 19.4 Å². The summed E-state index contributed by atoms with van der Waals surface area (Å²) >= 11 is 0. The maximum absolute atomic E-state index is 12.3. The number of aryl methyl sites for hydroxylation is 1. The van der Waals surface area contributed by atoms with Crippen LogP contribution in [0.2, 0.25) is 0 Å². The van der Waals surface area contributed by atoms with E-state index in [0.29, 0.717) is 4.90 Å². The van der Waals surface area contributed by atoms with Crippen LogP contribution in [-0.4, -0.2) is 36.5 Å². The summed E-state index contributed by atoms with van der Waals surface area (Å²) in [6.45, 7) is 6.02. The SMILES string of the molecule is Cc1cccc(S(=O)(=O)N2CC(O)(C(C)C)C2)c1. The Morgan fingerprint density at radius 1 is 1.33 bits per heavy atom. The van der Waals surface area contributed by atoms with Crippen LogP contribution < -0.4 is 0 Å². The maximum atomic E-state index is 12.3. The van der Waals surface area contributed by atoms with Crippen molar-refractivity contribution in [3.63, 3.8) is 0 Å². The normalized spacial score (nSPS) is 19.8. The number of hydrogen-bond donors (Lipinski definition) is 1. The fraction of sp³-hybridized carbons (Fsp3) is 0.538. The lowest BCUT2D eigenvalue weighted by molar-refractivity contribution is -0.0932. The second-order valence-electron chi connectivity index (χ2n) is 5.35. The van der Waals surface area contributed by atoms with Crippen molar-refractivity contribution in [3.8, 4) is 0 Å². The summed E-state index contributed by atoms with van der Waals surface area (Å²) in [5.41, 5.74) is 0.0346. The zero-order chi connectivity index (χ0) is 13.6. The van der Waals surface area contributed by atoms with Crippen molar-refractivity contribution in [2.24, 2.45) is 5.92 Å². The van der Waals surface area contributed by atoms with Crippen LogP contribution in [0.5, 0.6) is 0 Å². The van der Waals surface area contributed by atoms with Crippen molar-refractivity contribution < 1.29 is 13.5 Å². The van der Waals surface area contributed by atoms with Gasteiger partial charge in [0.2, 0.25) is 10.0 Å². The van der Waals surface area contributed by atoms with Gasteiger partial charge >= 0.3 is 0 Å². The lowest BCUT2D eigenvalue weighted by atomic mass is 9.85. The zero-order valence-electron chi connectivity index (χ0n) is 10.9. The van der Waals surface area contributed by atoms with E-state index in [1.807, 2.05) is 26.8 Å². The van der Waals surface area contributed by atoms with Gasteiger partial charge in [-0.15, -0.1) is 0 Å². The Hall–Kier alpha value is -0.910. The number of nitrogens with zero attached hydrogens (tertiary/aromatic N) is 1. The molecule has 100 valence electrons. The zero-order valence-corrected chi connectivity index (χ0v) is 11.7. The van der Waals surface area contributed by atoms with Crippen LogP contribution in [0, 0.1) is 12.8 Å². The lowest BCUT2D eigenvalue weighted by Gasteiger charge is -2.47. The van der Waals surface area contributed by atoms with Gasteiger partial charge in [0.15, 0.2) is 0 Å². The smallest absolute Gasteiger partial charge is 0.243 e. The van der Waals surface area contributed by atoms with Crippen molar-refractivity contribution >= 4 is 10.0 Å². The van der Waals surface area contributed by atoms with Crippen molar-refractivity contribution in [2.45, 2.75) is 31.3 Å². The topological polar surface area (TPSA) is 57.6 Å². The van der Waals surface area contributed by atoms with E-state index in [1.165, 1.54) is 4.31 Å². The van der Waals surface area contributed by atoms with Crippen LogP contribution in [0.15, 0.2) is 29.2 Å². The molecule has 1 saturated heterocycles. The van der Waals surface area contributed by atoms with Crippen molar-refractivity contribution in [1.82, 2.24) is 4.31 Å². The largest absolute Gasteiger partial charge is 0.387 e. The fourth-order valence-corrected chi connectivity index (χ4v) is 3.69. The molecule has 0 unspecified atom stereocenters. The molecule has 1 aliphatic heterocycles. The maximum Gasteiger partial charge on any atom is 0.243 e. The molecule has 1 aromatic carbocycles. The van der Waals surface area contributed by atoms with Gasteiger partial charge in [-0.05, 0) is 30.5 Å². The number of sulfonamides is 1. The standard InChI is InChI=1S/C13H19NO3S/c1-10(2)13(15)8-14(9-13)18(16,17)12-6-4-5-11(3)7-12/h4-7,10,15H,8-9H2,1-3H3. The Morgan fingerprint density at radius 2 is 1.94 bits per heavy atom. The molecule has 0 bridgehead atoms. The van der Waals surface area contributed by atoms with Crippen LogP contribution in [0.4, 0.5) is 0 Å². The number of rotatable bonds is 3. The number of benzene rings is 1. The molecule has 18 heavy (non-hydrogen) atoms. The van der Waals surface area contributed by atoms with Gasteiger partial charge in [-0.25, -0.2) is 8.42 Å². The van der Waals surface area contributed by atoms with E-state index < -0.39 is 15.6 Å². The summed E-state index contributed by atoms with van der Waals surface area (Å²) in [4.78, 5) is 0.299. The quantitative estimate of drug-likeness (QED) is 0.902. The first kappa shape index (κ1) is 13.5. The molecule has 0 radical (unpaired) electrons. The number of hydrogen-bond acceptors (Lipinski definition) is 3. The van der Waals surface area contributed by atoms with Gasteiger partial charge in [0.1, 0.15) is 0 Å². The highest BCUT2D eigenvalue weighted by Gasteiger charge is 2.49. The van der Waals surface area contributed by atoms with Crippen LogP contribution in [0.25, 0.3) is 0 Å². The molecule has 0 amide bonds. The van der Waals surface area contributed by atoms with E-state index in [2.05, 4.69) is 0 Å². The summed E-state index contributed by atoms with van der Waals surface area (Å²) in [6.07, 6.45) is 0. The monoisotopic (exact) mass is 269 g/mol. The summed E-state index contributed by atoms with van der Waals surface area (Å²) in [5.74, 6) is 0.0569. The van der Waals surface area contributed by atoms with E-state index in [9.17, 15) is 13.5 Å². The molecule has 0 aromatic heterocycles. The minimum atomic E-state index is -3.46. The number of aliphatic hydroxyl groups is 1. The average molecular weight is 269 g/mol. The highest BCUT2D eigenvalue weighted by Crippen LogP contribution is 2.33. The predicted octanol–water partition coefficient (Wildman–Crippen LogP) is 1.39. The van der Waals surface area contributed by atoms with Crippen molar-refractivity contribution in [2.75, 3.05) is 13.1 Å². The first-order chi connectivity index (χ1) is 8.25. The second kappa shape index (κ2) is 4.33. The first-order valence-electron chi connectivity index (χ1n) is 6.05. The van der Waals surface area contributed by atoms with Crippen LogP contribution in [0.3, 0.4) is 0 Å². The third-order valence-corrected chi connectivity index (χ3v) is 5.39. The minimum Gasteiger partial charge on any atom is -0.387 e. The fourth-order valence-electron chi connectivity index (χ4n) is 2.02. The third kappa shape index (κ3) is 2.18. The first-order valence-corrected chi connectivity index (χ1v) is 7.49. The summed E-state index contributed by atoms with van der Waals surface area (Å²) < 4.78 is 25.9. The van der Waals surface area contributed by atoms with Gasteiger partial charge in [0.05, 0.1) is 10.5 Å². The van der Waals surface area contributed by atoms with Gasteiger partial charge in [0, 0.05) is 13.1 Å². The molecule has 0 saturated carbocycles. The Bertz CT molecular complexity index is 545. The molecule has 4 nitrogen and oxygen atoms in total. The molecular formula is C13H19NO3S. The molecule has 1 fully saturated rings. The molecule has 0 aliphatic carbocycles. The predicted molar refractivity (Wildman–Crippen MR) is 69.7 cm³/mol. The van der Waals surface area contributed by atoms with Crippen molar-refractivity contribution in [3.05, 3.63) is 29.8 Å². The Kier molecular flexibility index (Phi) is 3.25. The molecule has 0 atom stereocenters. The average Bonchev–Trinajstić information content (AvgIpc) is 2.24. The van der Waals surface area contributed by atoms with Gasteiger partial charge in [0.25, 0.3) is 0 Å². The molecule has 1 aromatic rings. The van der Waals surface area contributed by atoms with E-state index in [1.54, 1.807) is 18.2 Å². The molecule has 2 rings (SSSR count). The highest BCUT2D eigenvalue weighted by molar-refractivity contribution is 7.89. The lowest BCUT2D eigenvalue weighted by Crippen LogP contribution is -2.65. The Morgan fingerprint density at radius 3 is 2.44 bits per heavy atom. The molecule has 1 aliphatic rings. The van der Waals surface area contributed by atoms with E-state index in [-0.39, 0.29) is 19.0 Å². The Balaban J connectivity index is 2.21. The van der Waals surface area contributed by atoms with Crippen LogP contribution in [-0.2, 0) is 10.0 Å². The molecule has 0 spiro atoms. The van der Waals surface area contributed by atoms with E-state index >= 15 is 0 Å². The summed E-state index contributed by atoms with van der Waals surface area (Å²) in [5, 5.41) is 10.1. The molecule has 1 heterocycles. The minimum absolute atomic E-state index is 0.0569. The summed E-state index contributed by atoms with van der Waals surface area (Å²) in [6, 6.07) is 6.84. The van der Waals surface area contributed by atoms with E-state index in [0.717, 1.165) is 5.56 Å². The Labute approximate surface area is 108 Å². The molecule has 5 heteroatoms. The van der Waals surface area contributed by atoms with Gasteiger partial charge in [-0.1, -0.05) is 26.0 Å². The van der Waals surface area contributed by atoms with E-state index in [4.69, 9.17) is 0 Å².